The van der Waals surface area contributed by atoms with E-state index in [1.165, 1.54) is 17.8 Å². The summed E-state index contributed by atoms with van der Waals surface area (Å²) in [5.74, 6) is -0.00504. The van der Waals surface area contributed by atoms with Gasteiger partial charge in [-0.1, -0.05) is 0 Å². The Labute approximate surface area is 89.1 Å². The molecule has 7 heteroatoms. The van der Waals surface area contributed by atoms with Crippen molar-refractivity contribution in [2.75, 3.05) is 0 Å². The van der Waals surface area contributed by atoms with E-state index in [0.29, 0.717) is 0 Å². The van der Waals surface area contributed by atoms with E-state index in [1.807, 2.05) is 0 Å². The fraction of sp³-hybridized carbons (Fsp3) is 0.333. The highest BCUT2D eigenvalue weighted by atomic mass is 16.1. The van der Waals surface area contributed by atoms with Crippen molar-refractivity contribution in [2.45, 2.75) is 19.9 Å². The van der Waals surface area contributed by atoms with Crippen LogP contribution in [0, 0.1) is 0 Å². The molecule has 0 aliphatic rings. The average Bonchev–Trinajstić information content (AvgIpc) is 2.58. The lowest BCUT2D eigenvalue weighted by molar-refractivity contribution is -0.117. The SMILES string of the molecule is CC(=O)CCn1cnc2[nH]c(=O)[nH]c2c1=O. The van der Waals surface area contributed by atoms with Crippen LogP contribution in [0.3, 0.4) is 0 Å². The Kier molecular flexibility index (Phi) is 2.43. The first-order valence-electron chi connectivity index (χ1n) is 4.75. The molecular weight excluding hydrogens is 212 g/mol. The van der Waals surface area contributed by atoms with Crippen LogP contribution < -0.4 is 11.2 Å². The molecule has 2 rings (SSSR count). The zero-order chi connectivity index (χ0) is 11.7. The summed E-state index contributed by atoms with van der Waals surface area (Å²) < 4.78 is 1.30. The highest BCUT2D eigenvalue weighted by Crippen LogP contribution is 1.96. The van der Waals surface area contributed by atoms with Gasteiger partial charge in [0, 0.05) is 13.0 Å². The first kappa shape index (κ1) is 10.3. The Hall–Kier alpha value is -2.18. The maximum absolute atomic E-state index is 11.8. The van der Waals surface area contributed by atoms with Gasteiger partial charge in [0.2, 0.25) is 0 Å². The zero-order valence-corrected chi connectivity index (χ0v) is 8.61. The van der Waals surface area contributed by atoms with Crippen LogP contribution in [0.4, 0.5) is 0 Å². The number of hydrogen-bond acceptors (Lipinski definition) is 4. The number of aryl methyl sites for hydroxylation is 1. The number of rotatable bonds is 3. The number of Topliss-reactive ketones (excluding diaryl/α,β-unsaturated/α-hetero) is 1. The van der Waals surface area contributed by atoms with Crippen LogP contribution in [0.25, 0.3) is 11.2 Å². The Morgan fingerprint density at radius 3 is 2.88 bits per heavy atom. The highest BCUT2D eigenvalue weighted by molar-refractivity contribution is 5.75. The molecule has 0 saturated carbocycles. The first-order chi connectivity index (χ1) is 7.58. The molecule has 0 radical (unpaired) electrons. The Bertz CT molecular complexity index is 649. The van der Waals surface area contributed by atoms with E-state index in [-0.39, 0.29) is 35.5 Å². The van der Waals surface area contributed by atoms with E-state index < -0.39 is 5.69 Å². The molecule has 0 bridgehead atoms. The lowest BCUT2D eigenvalue weighted by atomic mass is 10.3. The van der Waals surface area contributed by atoms with E-state index in [2.05, 4.69) is 15.0 Å². The van der Waals surface area contributed by atoms with Gasteiger partial charge in [-0.15, -0.1) is 0 Å². The third-order valence-electron chi connectivity index (χ3n) is 2.21. The second kappa shape index (κ2) is 3.76. The standard InChI is InChI=1S/C9H10N4O3/c1-5(14)2-3-13-4-10-7-6(8(13)15)11-9(16)12-7/h4H,2-3H2,1H3,(H2,11,12,16). The molecule has 2 heterocycles. The van der Waals surface area contributed by atoms with Crippen LogP contribution in [-0.2, 0) is 11.3 Å². The number of nitrogens with zero attached hydrogens (tertiary/aromatic N) is 2. The smallest absolute Gasteiger partial charge is 0.300 e. The average molecular weight is 222 g/mol. The number of aromatic amines is 2. The van der Waals surface area contributed by atoms with Crippen molar-refractivity contribution in [1.29, 1.82) is 0 Å². The summed E-state index contributed by atoms with van der Waals surface area (Å²) in [6.07, 6.45) is 1.58. The second-order valence-electron chi connectivity index (χ2n) is 3.50. The minimum absolute atomic E-state index is 0.00504. The van der Waals surface area contributed by atoms with Crippen molar-refractivity contribution in [1.82, 2.24) is 19.5 Å². The van der Waals surface area contributed by atoms with E-state index in [1.54, 1.807) is 0 Å². The Morgan fingerprint density at radius 1 is 1.44 bits per heavy atom. The molecule has 0 atom stereocenters. The quantitative estimate of drug-likeness (QED) is 0.723. The Balaban J connectivity index is 2.48. The molecule has 84 valence electrons. The van der Waals surface area contributed by atoms with Crippen molar-refractivity contribution in [2.24, 2.45) is 0 Å². The number of fused-ring (bicyclic) bond motifs is 1. The first-order valence-corrected chi connectivity index (χ1v) is 4.75. The molecule has 0 spiro atoms. The van der Waals surface area contributed by atoms with Crippen molar-refractivity contribution in [3.05, 3.63) is 27.2 Å². The van der Waals surface area contributed by atoms with Gasteiger partial charge in [0.15, 0.2) is 11.2 Å². The number of carbonyl (C=O) groups excluding carboxylic acids is 1. The maximum atomic E-state index is 11.8. The van der Waals surface area contributed by atoms with Gasteiger partial charge in [-0.05, 0) is 6.92 Å². The predicted octanol–water partition coefficient (Wildman–Crippen LogP) is -0.608. The van der Waals surface area contributed by atoms with E-state index >= 15 is 0 Å². The highest BCUT2D eigenvalue weighted by Gasteiger charge is 2.07. The molecule has 2 N–H and O–H groups in total. The Morgan fingerprint density at radius 2 is 2.19 bits per heavy atom. The maximum Gasteiger partial charge on any atom is 0.325 e. The molecule has 0 fully saturated rings. The van der Waals surface area contributed by atoms with Gasteiger partial charge >= 0.3 is 5.69 Å². The number of imidazole rings is 1. The second-order valence-corrected chi connectivity index (χ2v) is 3.50. The normalized spacial score (nSPS) is 10.8. The largest absolute Gasteiger partial charge is 0.325 e. The van der Waals surface area contributed by atoms with Gasteiger partial charge in [0.05, 0.1) is 0 Å². The van der Waals surface area contributed by atoms with Crippen LogP contribution in [-0.4, -0.2) is 25.3 Å². The third-order valence-corrected chi connectivity index (χ3v) is 2.21. The molecule has 0 aliphatic heterocycles. The molecule has 7 nitrogen and oxygen atoms in total. The minimum atomic E-state index is -0.469. The summed E-state index contributed by atoms with van der Waals surface area (Å²) in [7, 11) is 0. The van der Waals surface area contributed by atoms with Crippen LogP contribution >= 0.6 is 0 Å². The van der Waals surface area contributed by atoms with E-state index in [9.17, 15) is 14.4 Å². The zero-order valence-electron chi connectivity index (χ0n) is 8.61. The van der Waals surface area contributed by atoms with Crippen molar-refractivity contribution in [3.63, 3.8) is 0 Å². The molecule has 16 heavy (non-hydrogen) atoms. The van der Waals surface area contributed by atoms with Crippen molar-refractivity contribution >= 4 is 16.9 Å². The summed E-state index contributed by atoms with van der Waals surface area (Å²) in [6, 6.07) is 0. The van der Waals surface area contributed by atoms with Gasteiger partial charge in [-0.2, -0.15) is 0 Å². The third kappa shape index (κ3) is 1.79. The molecule has 0 saturated heterocycles. The van der Waals surface area contributed by atoms with Gasteiger partial charge in [0.1, 0.15) is 12.1 Å². The fourth-order valence-electron chi connectivity index (χ4n) is 1.39. The topological polar surface area (TPSA) is 101 Å². The number of nitrogens with one attached hydrogen (secondary N) is 2. The summed E-state index contributed by atoms with van der Waals surface area (Å²) in [6.45, 7) is 1.72. The molecule has 0 amide bonds. The summed E-state index contributed by atoms with van der Waals surface area (Å²) >= 11 is 0. The minimum Gasteiger partial charge on any atom is -0.300 e. The lowest BCUT2D eigenvalue weighted by Crippen LogP contribution is -2.21. The number of carbonyl (C=O) groups is 1. The number of H-pyrrole nitrogens is 2. The molecule has 0 aliphatic carbocycles. The van der Waals surface area contributed by atoms with Crippen LogP contribution in [0.15, 0.2) is 15.9 Å². The fourth-order valence-corrected chi connectivity index (χ4v) is 1.39. The molecule has 2 aromatic rings. The van der Waals surface area contributed by atoms with Crippen molar-refractivity contribution < 1.29 is 4.79 Å². The van der Waals surface area contributed by atoms with E-state index in [0.717, 1.165) is 0 Å². The monoisotopic (exact) mass is 222 g/mol. The summed E-state index contributed by atoms with van der Waals surface area (Å²) in [5.41, 5.74) is -0.460. The van der Waals surface area contributed by atoms with Gasteiger partial charge in [-0.3, -0.25) is 24.1 Å². The summed E-state index contributed by atoms with van der Waals surface area (Å²) in [5, 5.41) is 0. The lowest BCUT2D eigenvalue weighted by Gasteiger charge is -2.01. The molecule has 0 aromatic carbocycles. The number of hydrogen-bond donors (Lipinski definition) is 2. The number of aromatic nitrogens is 4. The van der Waals surface area contributed by atoms with Gasteiger partial charge < -0.3 is 0 Å². The van der Waals surface area contributed by atoms with Gasteiger partial charge in [0.25, 0.3) is 5.56 Å². The molecular formula is C9H10N4O3. The van der Waals surface area contributed by atoms with Crippen LogP contribution in [0.5, 0.6) is 0 Å². The molecule has 2 aromatic heterocycles. The summed E-state index contributed by atoms with van der Waals surface area (Å²) in [4.78, 5) is 42.2. The molecule has 0 unspecified atom stereocenters. The van der Waals surface area contributed by atoms with Crippen LogP contribution in [0.1, 0.15) is 13.3 Å². The van der Waals surface area contributed by atoms with Crippen molar-refractivity contribution in [3.8, 4) is 0 Å². The number of ketones is 1. The van der Waals surface area contributed by atoms with E-state index in [4.69, 9.17) is 0 Å². The predicted molar refractivity (Wildman–Crippen MR) is 56.3 cm³/mol. The van der Waals surface area contributed by atoms with Crippen LogP contribution in [0.2, 0.25) is 0 Å². The van der Waals surface area contributed by atoms with Gasteiger partial charge in [-0.25, -0.2) is 9.78 Å².